The molecule has 0 spiro atoms. The molecule has 2 N–H and O–H groups in total. The van der Waals surface area contributed by atoms with Gasteiger partial charge >= 0.3 is 6.03 Å². The average molecular weight is 354 g/mol. The number of benzene rings is 2. The fourth-order valence-corrected chi connectivity index (χ4v) is 2.78. The van der Waals surface area contributed by atoms with Gasteiger partial charge in [0.15, 0.2) is 17.3 Å². The van der Waals surface area contributed by atoms with Crippen LogP contribution in [0.3, 0.4) is 0 Å². The summed E-state index contributed by atoms with van der Waals surface area (Å²) >= 11 is 0. The molecule has 26 heavy (non-hydrogen) atoms. The number of carbonyl (C=O) groups is 2. The first-order chi connectivity index (χ1) is 12.5. The second-order valence-electron chi connectivity index (χ2n) is 6.43. The maximum absolute atomic E-state index is 12.8. The van der Waals surface area contributed by atoms with Crippen LogP contribution in [0.4, 0.5) is 10.5 Å². The van der Waals surface area contributed by atoms with E-state index in [0.717, 1.165) is 18.4 Å². The van der Waals surface area contributed by atoms with Crippen LogP contribution < -0.4 is 10.1 Å². The minimum Gasteiger partial charge on any atom is -0.504 e. The number of hydrogen-bond acceptors (Lipinski definition) is 4. The summed E-state index contributed by atoms with van der Waals surface area (Å²) in [6.45, 7) is 1.91. The molecule has 1 aliphatic rings. The molecule has 0 bridgehead atoms. The van der Waals surface area contributed by atoms with E-state index in [9.17, 15) is 14.7 Å². The highest BCUT2D eigenvalue weighted by atomic mass is 16.5. The number of phenolic OH excluding ortho intramolecular Hbond substituents is 1. The summed E-state index contributed by atoms with van der Waals surface area (Å²) < 4.78 is 5.13. The van der Waals surface area contributed by atoms with Gasteiger partial charge < -0.3 is 20.1 Å². The number of hydrogen-bond donors (Lipinski definition) is 2. The molecule has 2 aromatic carbocycles. The van der Waals surface area contributed by atoms with Crippen molar-refractivity contribution in [1.82, 2.24) is 4.90 Å². The van der Waals surface area contributed by atoms with Gasteiger partial charge in [-0.1, -0.05) is 18.2 Å². The predicted molar refractivity (Wildman–Crippen MR) is 98.7 cm³/mol. The van der Waals surface area contributed by atoms with Crippen LogP contribution in [0.25, 0.3) is 0 Å². The van der Waals surface area contributed by atoms with Gasteiger partial charge in [-0.3, -0.25) is 4.79 Å². The molecule has 3 rings (SSSR count). The number of nitrogens with one attached hydrogen (secondary N) is 1. The van der Waals surface area contributed by atoms with Crippen LogP contribution in [0.15, 0.2) is 42.5 Å². The molecule has 6 nitrogen and oxygen atoms in total. The standard InChI is InChI=1S/C20H22N2O4/c1-13(23)15-4-3-5-16(11-15)21-20(25)22(17-7-8-17)12-14-6-9-18(24)19(10-14)26-2/h3-6,9-11,17,24H,7-8,12H2,1-2H3,(H,21,25). The van der Waals surface area contributed by atoms with Crippen molar-refractivity contribution in [3.05, 3.63) is 53.6 Å². The number of rotatable bonds is 6. The van der Waals surface area contributed by atoms with Crippen molar-refractivity contribution in [3.8, 4) is 11.5 Å². The Labute approximate surface area is 152 Å². The zero-order chi connectivity index (χ0) is 18.7. The summed E-state index contributed by atoms with van der Waals surface area (Å²) in [4.78, 5) is 26.0. The Bertz CT molecular complexity index is 830. The van der Waals surface area contributed by atoms with Crippen LogP contribution in [0.2, 0.25) is 0 Å². The second-order valence-corrected chi connectivity index (χ2v) is 6.43. The average Bonchev–Trinajstić information content (AvgIpc) is 3.46. The van der Waals surface area contributed by atoms with Gasteiger partial charge in [-0.25, -0.2) is 4.79 Å². The Kier molecular flexibility index (Phi) is 5.11. The lowest BCUT2D eigenvalue weighted by Gasteiger charge is -2.23. The van der Waals surface area contributed by atoms with Crippen LogP contribution in [0, 0.1) is 0 Å². The SMILES string of the molecule is COc1cc(CN(C(=O)Nc2cccc(C(C)=O)c2)C2CC2)ccc1O. The monoisotopic (exact) mass is 354 g/mol. The second kappa shape index (κ2) is 7.47. The number of carbonyl (C=O) groups excluding carboxylic acids is 2. The van der Waals surface area contributed by atoms with Crippen molar-refractivity contribution in [3.63, 3.8) is 0 Å². The summed E-state index contributed by atoms with van der Waals surface area (Å²) in [6.07, 6.45) is 1.94. The molecule has 6 heteroatoms. The third kappa shape index (κ3) is 4.14. The van der Waals surface area contributed by atoms with Gasteiger partial charge in [-0.2, -0.15) is 0 Å². The van der Waals surface area contributed by atoms with Crippen molar-refractivity contribution in [2.75, 3.05) is 12.4 Å². The normalized spacial score (nSPS) is 13.2. The van der Waals surface area contributed by atoms with E-state index >= 15 is 0 Å². The van der Waals surface area contributed by atoms with Crippen molar-refractivity contribution in [1.29, 1.82) is 0 Å². The van der Waals surface area contributed by atoms with Gasteiger partial charge in [0.1, 0.15) is 0 Å². The van der Waals surface area contributed by atoms with Gasteiger partial charge in [0.25, 0.3) is 0 Å². The van der Waals surface area contributed by atoms with Gasteiger partial charge in [0.05, 0.1) is 7.11 Å². The maximum atomic E-state index is 12.8. The molecule has 0 atom stereocenters. The van der Waals surface area contributed by atoms with Crippen molar-refractivity contribution in [2.24, 2.45) is 0 Å². The molecule has 136 valence electrons. The molecule has 0 aliphatic heterocycles. The van der Waals surface area contributed by atoms with E-state index in [-0.39, 0.29) is 23.6 Å². The van der Waals surface area contributed by atoms with Crippen LogP contribution in [0.5, 0.6) is 11.5 Å². The number of anilines is 1. The molecular formula is C20H22N2O4. The highest BCUT2D eigenvalue weighted by molar-refractivity contribution is 5.96. The molecule has 1 saturated carbocycles. The topological polar surface area (TPSA) is 78.9 Å². The number of ketones is 1. The molecule has 1 fully saturated rings. The Morgan fingerprint density at radius 2 is 2.00 bits per heavy atom. The fourth-order valence-electron chi connectivity index (χ4n) is 2.78. The van der Waals surface area contributed by atoms with E-state index in [0.29, 0.717) is 23.5 Å². The lowest BCUT2D eigenvalue weighted by atomic mass is 10.1. The highest BCUT2D eigenvalue weighted by Gasteiger charge is 2.32. The zero-order valence-electron chi connectivity index (χ0n) is 14.9. The van der Waals surface area contributed by atoms with E-state index in [1.165, 1.54) is 14.0 Å². The van der Waals surface area contributed by atoms with Crippen LogP contribution in [0.1, 0.15) is 35.7 Å². The molecular weight excluding hydrogens is 332 g/mol. The van der Waals surface area contributed by atoms with Crippen molar-refractivity contribution >= 4 is 17.5 Å². The predicted octanol–water partition coefficient (Wildman–Crippen LogP) is 3.80. The Morgan fingerprint density at radius 3 is 2.65 bits per heavy atom. The zero-order valence-corrected chi connectivity index (χ0v) is 14.9. The van der Waals surface area contributed by atoms with E-state index in [4.69, 9.17) is 4.74 Å². The largest absolute Gasteiger partial charge is 0.504 e. The molecule has 2 aromatic rings. The van der Waals surface area contributed by atoms with E-state index in [2.05, 4.69) is 5.32 Å². The number of phenols is 1. The molecule has 0 unspecified atom stereocenters. The van der Waals surface area contributed by atoms with E-state index in [1.54, 1.807) is 47.4 Å². The smallest absolute Gasteiger partial charge is 0.322 e. The minimum atomic E-state index is -0.208. The van der Waals surface area contributed by atoms with Crippen LogP contribution in [-0.4, -0.2) is 35.0 Å². The first-order valence-corrected chi connectivity index (χ1v) is 8.52. The summed E-state index contributed by atoms with van der Waals surface area (Å²) in [5, 5.41) is 12.6. The first kappa shape index (κ1) is 17.8. The first-order valence-electron chi connectivity index (χ1n) is 8.52. The third-order valence-electron chi connectivity index (χ3n) is 4.37. The van der Waals surface area contributed by atoms with E-state index in [1.807, 2.05) is 0 Å². The van der Waals surface area contributed by atoms with Crippen LogP contribution >= 0.6 is 0 Å². The molecule has 0 radical (unpaired) electrons. The summed E-state index contributed by atoms with van der Waals surface area (Å²) in [5.41, 5.74) is 2.03. The molecule has 1 aliphatic carbocycles. The van der Waals surface area contributed by atoms with Gasteiger partial charge in [-0.05, 0) is 49.6 Å². The maximum Gasteiger partial charge on any atom is 0.322 e. The molecule has 0 heterocycles. The number of urea groups is 1. The van der Waals surface area contributed by atoms with Gasteiger partial charge in [-0.15, -0.1) is 0 Å². The number of nitrogens with zero attached hydrogens (tertiary/aromatic N) is 1. The Morgan fingerprint density at radius 1 is 1.23 bits per heavy atom. The van der Waals surface area contributed by atoms with Gasteiger partial charge in [0, 0.05) is 23.8 Å². The lowest BCUT2D eigenvalue weighted by molar-refractivity contribution is 0.101. The van der Waals surface area contributed by atoms with Crippen molar-refractivity contribution < 1.29 is 19.4 Å². The van der Waals surface area contributed by atoms with E-state index < -0.39 is 0 Å². The minimum absolute atomic E-state index is 0.0451. The number of aromatic hydroxyl groups is 1. The quantitative estimate of drug-likeness (QED) is 0.774. The summed E-state index contributed by atoms with van der Waals surface area (Å²) in [7, 11) is 1.49. The van der Waals surface area contributed by atoms with Crippen LogP contribution in [-0.2, 0) is 6.54 Å². The van der Waals surface area contributed by atoms with Gasteiger partial charge in [0.2, 0.25) is 0 Å². The summed E-state index contributed by atoms with van der Waals surface area (Å²) in [5.74, 6) is 0.406. The number of amides is 2. The number of methoxy groups -OCH3 is 1. The number of Topliss-reactive ketones (excluding diaryl/α,β-unsaturated/α-hetero) is 1. The Balaban J connectivity index is 1.75. The summed E-state index contributed by atoms with van der Waals surface area (Å²) in [6, 6.07) is 12.0. The fraction of sp³-hybridized carbons (Fsp3) is 0.300. The van der Waals surface area contributed by atoms with Crippen molar-refractivity contribution in [2.45, 2.75) is 32.4 Å². The lowest BCUT2D eigenvalue weighted by Crippen LogP contribution is -2.36. The highest BCUT2D eigenvalue weighted by Crippen LogP contribution is 2.31. The number of ether oxygens (including phenoxy) is 1. The molecule has 2 amide bonds. The third-order valence-corrected chi connectivity index (χ3v) is 4.37. The molecule has 0 saturated heterocycles. The Hall–Kier alpha value is -3.02. The molecule has 0 aromatic heterocycles.